The Morgan fingerprint density at radius 1 is 1.19 bits per heavy atom. The lowest BCUT2D eigenvalue weighted by atomic mass is 9.86. The van der Waals surface area contributed by atoms with E-state index < -0.39 is 14.9 Å². The summed E-state index contributed by atoms with van der Waals surface area (Å²) in [4.78, 5) is 10.4. The number of hydrogen-bond donors (Lipinski definition) is 1. The minimum absolute atomic E-state index is 0.121. The van der Waals surface area contributed by atoms with Crippen molar-refractivity contribution in [2.45, 2.75) is 55.9 Å². The summed E-state index contributed by atoms with van der Waals surface area (Å²) in [5.74, 6) is 0.772. The molecule has 26 heavy (non-hydrogen) atoms. The fourth-order valence-corrected chi connectivity index (χ4v) is 6.08. The van der Waals surface area contributed by atoms with Gasteiger partial charge in [0.05, 0.1) is 4.92 Å². The van der Waals surface area contributed by atoms with E-state index in [1.54, 1.807) is 0 Å². The number of nitro benzene ring substituents is 1. The first kappa shape index (κ1) is 19.3. The molecule has 8 heteroatoms. The molecule has 0 spiro atoms. The number of piperidine rings is 1. The summed E-state index contributed by atoms with van der Waals surface area (Å²) in [7, 11) is -3.87. The summed E-state index contributed by atoms with van der Waals surface area (Å²) < 4.78 is 27.4. The van der Waals surface area contributed by atoms with E-state index in [2.05, 4.69) is 0 Å². The van der Waals surface area contributed by atoms with Crippen molar-refractivity contribution in [1.82, 2.24) is 4.31 Å². The van der Waals surface area contributed by atoms with Crippen LogP contribution in [0.2, 0.25) is 0 Å². The van der Waals surface area contributed by atoms with E-state index in [9.17, 15) is 18.5 Å². The lowest BCUT2D eigenvalue weighted by Gasteiger charge is -2.34. The molecule has 1 aromatic carbocycles. The molecule has 1 saturated heterocycles. The van der Waals surface area contributed by atoms with Crippen LogP contribution in [0.5, 0.6) is 0 Å². The first-order chi connectivity index (χ1) is 12.4. The van der Waals surface area contributed by atoms with Gasteiger partial charge >= 0.3 is 0 Å². The van der Waals surface area contributed by atoms with Crippen LogP contribution in [0, 0.1) is 22.0 Å². The lowest BCUT2D eigenvalue weighted by Crippen LogP contribution is -2.42. The maximum Gasteiger partial charge on any atom is 0.289 e. The minimum atomic E-state index is -3.87. The van der Waals surface area contributed by atoms with Crippen molar-refractivity contribution >= 4 is 15.7 Å². The predicted octanol–water partition coefficient (Wildman–Crippen LogP) is 2.90. The van der Waals surface area contributed by atoms with Gasteiger partial charge in [-0.25, -0.2) is 8.42 Å². The largest absolute Gasteiger partial charge is 0.327 e. The maximum absolute atomic E-state index is 13.0. The van der Waals surface area contributed by atoms with E-state index in [-0.39, 0.29) is 22.5 Å². The van der Waals surface area contributed by atoms with Crippen molar-refractivity contribution in [3.05, 3.63) is 34.4 Å². The third kappa shape index (κ3) is 4.07. The molecule has 1 heterocycles. The van der Waals surface area contributed by atoms with Crippen molar-refractivity contribution < 1.29 is 13.3 Å². The van der Waals surface area contributed by atoms with Crippen molar-refractivity contribution in [3.63, 3.8) is 0 Å². The quantitative estimate of drug-likeness (QED) is 0.602. The Labute approximate surface area is 154 Å². The third-order valence-corrected chi connectivity index (χ3v) is 7.68. The van der Waals surface area contributed by atoms with Crippen LogP contribution >= 0.6 is 0 Å². The lowest BCUT2D eigenvalue weighted by molar-refractivity contribution is -0.387. The van der Waals surface area contributed by atoms with Crippen LogP contribution in [0.3, 0.4) is 0 Å². The molecule has 1 aliphatic carbocycles. The summed E-state index contributed by atoms with van der Waals surface area (Å²) in [6, 6.07) is 5.69. The van der Waals surface area contributed by atoms with Crippen LogP contribution in [0.1, 0.15) is 44.9 Å². The molecule has 2 unspecified atom stereocenters. The summed E-state index contributed by atoms with van der Waals surface area (Å²) in [6.07, 6.45) is 7.37. The molecular weight excluding hydrogens is 354 g/mol. The molecule has 144 valence electrons. The summed E-state index contributed by atoms with van der Waals surface area (Å²) in [5.41, 5.74) is 6.02. The average molecular weight is 381 g/mol. The SMILES string of the molecule is NC(CC1CCCN(S(=O)(=O)c2ccccc2[N+](=O)[O-])C1)C1CCCC1. The smallest absolute Gasteiger partial charge is 0.289 e. The number of sulfonamides is 1. The van der Waals surface area contributed by atoms with Gasteiger partial charge in [0.15, 0.2) is 4.90 Å². The van der Waals surface area contributed by atoms with Gasteiger partial charge in [-0.2, -0.15) is 4.31 Å². The molecule has 2 fully saturated rings. The zero-order valence-electron chi connectivity index (χ0n) is 14.9. The second kappa shape index (κ2) is 8.02. The van der Waals surface area contributed by atoms with Gasteiger partial charge in [0.2, 0.25) is 10.0 Å². The van der Waals surface area contributed by atoms with Crippen LogP contribution in [0.25, 0.3) is 0 Å². The standard InChI is InChI=1S/C18H27N3O4S/c19-16(15-7-1-2-8-15)12-14-6-5-11-20(13-14)26(24,25)18-10-4-3-9-17(18)21(22)23/h3-4,9-10,14-16H,1-2,5-8,11-13,19H2. The molecule has 2 N–H and O–H groups in total. The maximum atomic E-state index is 13.0. The zero-order valence-corrected chi connectivity index (χ0v) is 15.7. The van der Waals surface area contributed by atoms with E-state index in [0.717, 1.165) is 19.3 Å². The van der Waals surface area contributed by atoms with Crippen molar-refractivity contribution in [2.24, 2.45) is 17.6 Å². The second-order valence-corrected chi connectivity index (χ2v) is 9.45. The van der Waals surface area contributed by atoms with E-state index in [1.165, 1.54) is 54.3 Å². The van der Waals surface area contributed by atoms with Crippen LogP contribution < -0.4 is 5.73 Å². The number of nitro groups is 1. The Bertz CT molecular complexity index is 747. The van der Waals surface area contributed by atoms with E-state index in [1.807, 2.05) is 0 Å². The van der Waals surface area contributed by atoms with Crippen LogP contribution in [-0.2, 0) is 10.0 Å². The normalized spacial score (nSPS) is 23.8. The molecule has 1 aliphatic heterocycles. The first-order valence-electron chi connectivity index (χ1n) is 9.38. The summed E-state index contributed by atoms with van der Waals surface area (Å²) >= 11 is 0. The van der Waals surface area contributed by atoms with Gasteiger partial charge in [-0.3, -0.25) is 10.1 Å². The van der Waals surface area contributed by atoms with Crippen LogP contribution in [0.15, 0.2) is 29.2 Å². The van der Waals surface area contributed by atoms with Crippen molar-refractivity contribution in [1.29, 1.82) is 0 Å². The molecule has 1 aromatic rings. The Balaban J connectivity index is 1.73. The van der Waals surface area contributed by atoms with Gasteiger partial charge in [0, 0.05) is 25.2 Å². The van der Waals surface area contributed by atoms with Crippen LogP contribution in [-0.4, -0.2) is 36.8 Å². The van der Waals surface area contributed by atoms with Gasteiger partial charge in [-0.1, -0.05) is 25.0 Å². The molecule has 0 radical (unpaired) electrons. The highest BCUT2D eigenvalue weighted by Crippen LogP contribution is 2.33. The summed E-state index contributed by atoms with van der Waals surface area (Å²) in [5, 5.41) is 11.2. The van der Waals surface area contributed by atoms with E-state index in [0.29, 0.717) is 19.0 Å². The molecule has 7 nitrogen and oxygen atoms in total. The van der Waals surface area contributed by atoms with Gasteiger partial charge in [-0.05, 0) is 50.0 Å². The van der Waals surface area contributed by atoms with Crippen LogP contribution in [0.4, 0.5) is 5.69 Å². The molecule has 0 aromatic heterocycles. The zero-order chi connectivity index (χ0) is 18.7. The van der Waals surface area contributed by atoms with Gasteiger partial charge in [0.25, 0.3) is 5.69 Å². The highest BCUT2D eigenvalue weighted by atomic mass is 32.2. The highest BCUT2D eigenvalue weighted by Gasteiger charge is 2.35. The number of rotatable bonds is 6. The topological polar surface area (TPSA) is 107 Å². The summed E-state index contributed by atoms with van der Waals surface area (Å²) in [6.45, 7) is 0.804. The fourth-order valence-electron chi connectivity index (χ4n) is 4.37. The van der Waals surface area contributed by atoms with Crippen molar-refractivity contribution in [2.75, 3.05) is 13.1 Å². The second-order valence-electron chi connectivity index (χ2n) is 7.54. The van der Waals surface area contributed by atoms with Gasteiger partial charge < -0.3 is 5.73 Å². The Kier molecular flexibility index (Phi) is 5.94. The average Bonchev–Trinajstić information content (AvgIpc) is 3.17. The monoisotopic (exact) mass is 381 g/mol. The molecule has 0 bridgehead atoms. The van der Waals surface area contributed by atoms with Gasteiger partial charge in [-0.15, -0.1) is 0 Å². The number of nitrogens with zero attached hydrogens (tertiary/aromatic N) is 2. The molecule has 2 aliphatic rings. The number of benzene rings is 1. The number of para-hydroxylation sites is 1. The van der Waals surface area contributed by atoms with E-state index >= 15 is 0 Å². The Hall–Kier alpha value is -1.51. The van der Waals surface area contributed by atoms with E-state index in [4.69, 9.17) is 5.73 Å². The highest BCUT2D eigenvalue weighted by molar-refractivity contribution is 7.89. The minimum Gasteiger partial charge on any atom is -0.327 e. The molecular formula is C18H27N3O4S. The Morgan fingerprint density at radius 3 is 2.58 bits per heavy atom. The number of hydrogen-bond acceptors (Lipinski definition) is 5. The molecule has 2 atom stereocenters. The third-order valence-electron chi connectivity index (χ3n) is 5.77. The molecule has 3 rings (SSSR count). The Morgan fingerprint density at radius 2 is 1.88 bits per heavy atom. The number of nitrogens with two attached hydrogens (primary N) is 1. The first-order valence-corrected chi connectivity index (χ1v) is 10.8. The van der Waals surface area contributed by atoms with Crippen molar-refractivity contribution in [3.8, 4) is 0 Å². The fraction of sp³-hybridized carbons (Fsp3) is 0.667. The molecule has 0 amide bonds. The molecule has 1 saturated carbocycles. The predicted molar refractivity (Wildman–Crippen MR) is 99.1 cm³/mol. The van der Waals surface area contributed by atoms with Gasteiger partial charge in [0.1, 0.15) is 0 Å².